The molecule has 68 valence electrons. The molecule has 0 radical (unpaired) electrons. The SMILES string of the molecule is Cc1cn(C)c2nc(N)[nH]c(=O)c12. The van der Waals surface area contributed by atoms with Gasteiger partial charge in [0.15, 0.2) is 0 Å². The first-order chi connectivity index (χ1) is 6.09. The van der Waals surface area contributed by atoms with Crippen molar-refractivity contribution in [3.8, 4) is 0 Å². The van der Waals surface area contributed by atoms with E-state index in [1.165, 1.54) is 0 Å². The van der Waals surface area contributed by atoms with Crippen LogP contribution in [0.3, 0.4) is 0 Å². The summed E-state index contributed by atoms with van der Waals surface area (Å²) in [5.41, 5.74) is 6.78. The number of aromatic nitrogens is 3. The molecule has 0 fully saturated rings. The number of hydrogen-bond donors (Lipinski definition) is 2. The highest BCUT2D eigenvalue weighted by Crippen LogP contribution is 2.13. The molecule has 2 heterocycles. The Morgan fingerprint density at radius 3 is 3.00 bits per heavy atom. The van der Waals surface area contributed by atoms with Crippen molar-refractivity contribution in [1.29, 1.82) is 0 Å². The summed E-state index contributed by atoms with van der Waals surface area (Å²) in [4.78, 5) is 18.0. The van der Waals surface area contributed by atoms with Gasteiger partial charge in [-0.2, -0.15) is 4.98 Å². The van der Waals surface area contributed by atoms with Crippen molar-refractivity contribution in [1.82, 2.24) is 14.5 Å². The first-order valence-corrected chi connectivity index (χ1v) is 3.91. The lowest BCUT2D eigenvalue weighted by molar-refractivity contribution is 0.940. The lowest BCUT2D eigenvalue weighted by atomic mass is 10.3. The number of aryl methyl sites for hydroxylation is 2. The molecular formula is C8H10N4O. The standard InChI is InChI=1S/C8H10N4O/c1-4-3-12(2)6-5(4)7(13)11-8(9)10-6/h3H,1-2H3,(H3,9,10,11,13). The summed E-state index contributed by atoms with van der Waals surface area (Å²) in [6.07, 6.45) is 1.85. The zero-order chi connectivity index (χ0) is 9.59. The highest BCUT2D eigenvalue weighted by molar-refractivity contribution is 5.79. The third-order valence-electron chi connectivity index (χ3n) is 2.03. The molecule has 2 aromatic rings. The number of H-pyrrole nitrogens is 1. The van der Waals surface area contributed by atoms with Gasteiger partial charge in [-0.05, 0) is 12.5 Å². The number of fused-ring (bicyclic) bond motifs is 1. The zero-order valence-electron chi connectivity index (χ0n) is 7.46. The highest BCUT2D eigenvalue weighted by Gasteiger charge is 2.08. The van der Waals surface area contributed by atoms with E-state index in [1.807, 2.05) is 20.2 Å². The molecule has 0 aliphatic rings. The van der Waals surface area contributed by atoms with E-state index in [0.717, 1.165) is 5.56 Å². The van der Waals surface area contributed by atoms with Crippen molar-refractivity contribution < 1.29 is 0 Å². The number of aromatic amines is 1. The fourth-order valence-electron chi connectivity index (χ4n) is 1.51. The molecule has 0 unspecified atom stereocenters. The summed E-state index contributed by atoms with van der Waals surface area (Å²) in [6, 6.07) is 0. The Labute approximate surface area is 74.2 Å². The Hall–Kier alpha value is -1.78. The Balaban J connectivity index is 3.06. The number of hydrogen-bond acceptors (Lipinski definition) is 3. The van der Waals surface area contributed by atoms with E-state index in [0.29, 0.717) is 11.0 Å². The van der Waals surface area contributed by atoms with E-state index in [4.69, 9.17) is 5.73 Å². The van der Waals surface area contributed by atoms with Crippen LogP contribution in [0.25, 0.3) is 11.0 Å². The Morgan fingerprint density at radius 1 is 1.62 bits per heavy atom. The van der Waals surface area contributed by atoms with Crippen LogP contribution in [0, 0.1) is 6.92 Å². The molecule has 2 rings (SSSR count). The first kappa shape index (κ1) is 7.85. The Kier molecular flexibility index (Phi) is 1.42. The number of rotatable bonds is 0. The normalized spacial score (nSPS) is 10.9. The van der Waals surface area contributed by atoms with E-state index in [1.54, 1.807) is 4.57 Å². The van der Waals surface area contributed by atoms with Gasteiger partial charge in [0, 0.05) is 13.2 Å². The van der Waals surface area contributed by atoms with Crippen LogP contribution in [0.2, 0.25) is 0 Å². The average Bonchev–Trinajstić information content (AvgIpc) is 2.27. The maximum atomic E-state index is 11.4. The van der Waals surface area contributed by atoms with Gasteiger partial charge in [-0.15, -0.1) is 0 Å². The predicted molar refractivity (Wildman–Crippen MR) is 50.5 cm³/mol. The third kappa shape index (κ3) is 1.00. The van der Waals surface area contributed by atoms with Crippen molar-refractivity contribution in [2.75, 3.05) is 5.73 Å². The minimum atomic E-state index is -0.180. The fraction of sp³-hybridized carbons (Fsp3) is 0.250. The van der Waals surface area contributed by atoms with Crippen LogP contribution in [-0.2, 0) is 7.05 Å². The number of anilines is 1. The second-order valence-corrected chi connectivity index (χ2v) is 3.07. The lowest BCUT2D eigenvalue weighted by Crippen LogP contribution is -2.11. The Bertz CT molecular complexity index is 523. The van der Waals surface area contributed by atoms with E-state index >= 15 is 0 Å². The van der Waals surface area contributed by atoms with Gasteiger partial charge >= 0.3 is 0 Å². The minimum Gasteiger partial charge on any atom is -0.369 e. The molecule has 0 atom stereocenters. The lowest BCUT2D eigenvalue weighted by Gasteiger charge is -1.95. The van der Waals surface area contributed by atoms with Crippen LogP contribution in [0.4, 0.5) is 5.95 Å². The summed E-state index contributed by atoms with van der Waals surface area (Å²) >= 11 is 0. The van der Waals surface area contributed by atoms with Gasteiger partial charge in [0.2, 0.25) is 5.95 Å². The first-order valence-electron chi connectivity index (χ1n) is 3.91. The number of nitrogens with zero attached hydrogens (tertiary/aromatic N) is 2. The van der Waals surface area contributed by atoms with Gasteiger partial charge in [-0.3, -0.25) is 9.78 Å². The highest BCUT2D eigenvalue weighted by atomic mass is 16.1. The van der Waals surface area contributed by atoms with Gasteiger partial charge in [-0.25, -0.2) is 0 Å². The van der Waals surface area contributed by atoms with Crippen LogP contribution in [0.15, 0.2) is 11.0 Å². The molecule has 0 amide bonds. The van der Waals surface area contributed by atoms with E-state index in [9.17, 15) is 4.79 Å². The average molecular weight is 178 g/mol. The van der Waals surface area contributed by atoms with E-state index in [-0.39, 0.29) is 11.5 Å². The van der Waals surface area contributed by atoms with Crippen molar-refractivity contribution in [3.63, 3.8) is 0 Å². The van der Waals surface area contributed by atoms with Crippen molar-refractivity contribution in [2.45, 2.75) is 6.92 Å². The van der Waals surface area contributed by atoms with Crippen LogP contribution in [0.5, 0.6) is 0 Å². The van der Waals surface area contributed by atoms with Gasteiger partial charge in [-0.1, -0.05) is 0 Å². The second-order valence-electron chi connectivity index (χ2n) is 3.07. The summed E-state index contributed by atoms with van der Waals surface area (Å²) in [6.45, 7) is 1.87. The molecule has 5 nitrogen and oxygen atoms in total. The summed E-state index contributed by atoms with van der Waals surface area (Å²) in [5, 5.41) is 0.608. The van der Waals surface area contributed by atoms with Crippen LogP contribution in [-0.4, -0.2) is 14.5 Å². The fourth-order valence-corrected chi connectivity index (χ4v) is 1.51. The molecule has 0 aliphatic carbocycles. The van der Waals surface area contributed by atoms with Crippen molar-refractivity contribution >= 4 is 17.0 Å². The smallest absolute Gasteiger partial charge is 0.262 e. The van der Waals surface area contributed by atoms with E-state index in [2.05, 4.69) is 9.97 Å². The second kappa shape index (κ2) is 2.35. The summed E-state index contributed by atoms with van der Waals surface area (Å²) in [5.74, 6) is 0.152. The minimum absolute atomic E-state index is 0.152. The molecule has 0 spiro atoms. The van der Waals surface area contributed by atoms with Crippen LogP contribution in [0.1, 0.15) is 5.56 Å². The number of nitrogens with two attached hydrogens (primary N) is 1. The third-order valence-corrected chi connectivity index (χ3v) is 2.03. The molecule has 5 heteroatoms. The molecule has 2 aromatic heterocycles. The monoisotopic (exact) mass is 178 g/mol. The summed E-state index contributed by atoms with van der Waals surface area (Å²) in [7, 11) is 1.83. The molecular weight excluding hydrogens is 168 g/mol. The molecule has 0 saturated carbocycles. The van der Waals surface area contributed by atoms with Gasteiger partial charge < -0.3 is 10.3 Å². The molecule has 0 bridgehead atoms. The maximum Gasteiger partial charge on any atom is 0.262 e. The van der Waals surface area contributed by atoms with Crippen molar-refractivity contribution in [3.05, 3.63) is 22.1 Å². The van der Waals surface area contributed by atoms with Gasteiger partial charge in [0.05, 0.1) is 5.39 Å². The topological polar surface area (TPSA) is 76.7 Å². The number of nitrogen functional groups attached to an aromatic ring is 1. The molecule has 13 heavy (non-hydrogen) atoms. The quantitative estimate of drug-likeness (QED) is 0.603. The summed E-state index contributed by atoms with van der Waals surface area (Å²) < 4.78 is 1.79. The Morgan fingerprint density at radius 2 is 2.31 bits per heavy atom. The van der Waals surface area contributed by atoms with Crippen LogP contribution < -0.4 is 11.3 Å². The number of nitrogens with one attached hydrogen (secondary N) is 1. The van der Waals surface area contributed by atoms with E-state index < -0.39 is 0 Å². The van der Waals surface area contributed by atoms with Crippen LogP contribution >= 0.6 is 0 Å². The molecule has 0 saturated heterocycles. The van der Waals surface area contributed by atoms with Crippen molar-refractivity contribution in [2.24, 2.45) is 7.05 Å². The molecule has 0 aliphatic heterocycles. The predicted octanol–water partition coefficient (Wildman–Crippen LogP) is 0.152. The maximum absolute atomic E-state index is 11.4. The van der Waals surface area contributed by atoms with Gasteiger partial charge in [0.1, 0.15) is 5.65 Å². The zero-order valence-corrected chi connectivity index (χ0v) is 7.46. The van der Waals surface area contributed by atoms with Gasteiger partial charge in [0.25, 0.3) is 5.56 Å². The molecule has 3 N–H and O–H groups in total. The largest absolute Gasteiger partial charge is 0.369 e. The molecule has 0 aromatic carbocycles.